The number of carbonyl (C=O) groups is 3. The first-order valence-electron chi connectivity index (χ1n) is 11.7. The summed E-state index contributed by atoms with van der Waals surface area (Å²) in [7, 11) is 0. The highest BCUT2D eigenvalue weighted by Crippen LogP contribution is 2.18. The maximum atomic E-state index is 12.4. The van der Waals surface area contributed by atoms with E-state index < -0.39 is 5.97 Å². The van der Waals surface area contributed by atoms with Crippen molar-refractivity contribution in [2.24, 2.45) is 0 Å². The van der Waals surface area contributed by atoms with Gasteiger partial charge in [-0.3, -0.25) is 14.4 Å². The van der Waals surface area contributed by atoms with Crippen LogP contribution in [0.1, 0.15) is 60.9 Å². The van der Waals surface area contributed by atoms with E-state index in [9.17, 15) is 14.4 Å². The molecule has 0 aliphatic heterocycles. The molecule has 0 bridgehead atoms. The van der Waals surface area contributed by atoms with Crippen molar-refractivity contribution in [3.8, 4) is 0 Å². The molecule has 7 nitrogen and oxygen atoms in total. The predicted octanol–water partition coefficient (Wildman–Crippen LogP) is 4.13. The molecule has 0 atom stereocenters. The minimum absolute atomic E-state index is 0.0198. The number of carbonyl (C=O) groups excluding carboxylic acids is 3. The van der Waals surface area contributed by atoms with Crippen LogP contribution in [-0.4, -0.2) is 35.5 Å². The molecular formula is C26H31N3O4S. The molecule has 1 saturated carbocycles. The number of amides is 2. The van der Waals surface area contributed by atoms with Gasteiger partial charge in [-0.25, -0.2) is 0 Å². The van der Waals surface area contributed by atoms with Gasteiger partial charge in [0.1, 0.15) is 0 Å². The van der Waals surface area contributed by atoms with Gasteiger partial charge in [0.15, 0.2) is 5.11 Å². The zero-order chi connectivity index (χ0) is 24.2. The van der Waals surface area contributed by atoms with E-state index >= 15 is 0 Å². The molecule has 0 unspecified atom stereocenters. The van der Waals surface area contributed by atoms with Crippen molar-refractivity contribution in [3.63, 3.8) is 0 Å². The highest BCUT2D eigenvalue weighted by atomic mass is 32.1. The van der Waals surface area contributed by atoms with E-state index in [1.165, 1.54) is 6.42 Å². The molecule has 2 aromatic carbocycles. The molecule has 0 spiro atoms. The lowest BCUT2D eigenvalue weighted by atomic mass is 9.95. The molecule has 3 rings (SSSR count). The smallest absolute Gasteiger partial charge is 0.306 e. The van der Waals surface area contributed by atoms with Crippen LogP contribution in [0.4, 0.5) is 5.69 Å². The third-order valence-corrected chi connectivity index (χ3v) is 5.86. The molecule has 0 radical (unpaired) electrons. The standard InChI is InChI=1S/C26H31N3O4S/c30-23(15-16-24(31)33-18-17-19-7-3-1-4-8-19)29-26(34)28-22-13-11-20(12-14-22)25(32)27-21-9-5-2-6-10-21/h1,3-4,7-8,11-14,21H,2,5-6,9-10,15-18H2,(H,27,32)(H2,28,29,30,34). The Morgan fingerprint density at radius 3 is 2.32 bits per heavy atom. The molecule has 2 aromatic rings. The van der Waals surface area contributed by atoms with Crippen LogP contribution in [0.25, 0.3) is 0 Å². The number of anilines is 1. The molecular weight excluding hydrogens is 450 g/mol. The first kappa shape index (κ1) is 25.4. The summed E-state index contributed by atoms with van der Waals surface area (Å²) in [6.45, 7) is 0.277. The summed E-state index contributed by atoms with van der Waals surface area (Å²) >= 11 is 5.17. The van der Waals surface area contributed by atoms with Gasteiger partial charge in [-0.1, -0.05) is 49.6 Å². The number of nitrogens with one attached hydrogen (secondary N) is 3. The van der Waals surface area contributed by atoms with E-state index in [-0.39, 0.29) is 42.4 Å². The highest BCUT2D eigenvalue weighted by molar-refractivity contribution is 7.80. The minimum Gasteiger partial charge on any atom is -0.465 e. The molecule has 2 amide bonds. The Kier molecular flexibility index (Phi) is 10.0. The maximum absolute atomic E-state index is 12.4. The van der Waals surface area contributed by atoms with Crippen molar-refractivity contribution in [2.75, 3.05) is 11.9 Å². The Hall–Kier alpha value is -3.26. The van der Waals surface area contributed by atoms with E-state index in [4.69, 9.17) is 17.0 Å². The first-order chi connectivity index (χ1) is 16.5. The number of hydrogen-bond donors (Lipinski definition) is 3. The molecule has 0 heterocycles. The third-order valence-electron chi connectivity index (χ3n) is 5.65. The summed E-state index contributed by atoms with van der Waals surface area (Å²) in [6.07, 6.45) is 6.21. The summed E-state index contributed by atoms with van der Waals surface area (Å²) in [5, 5.41) is 8.68. The van der Waals surface area contributed by atoms with Crippen LogP contribution in [0, 0.1) is 0 Å². The van der Waals surface area contributed by atoms with Gasteiger partial charge in [-0.05, 0) is 54.9 Å². The molecule has 1 fully saturated rings. The molecule has 1 aliphatic rings. The number of hydrogen-bond acceptors (Lipinski definition) is 5. The van der Waals surface area contributed by atoms with Gasteiger partial charge < -0.3 is 20.7 Å². The molecule has 1 aliphatic carbocycles. The zero-order valence-electron chi connectivity index (χ0n) is 19.2. The molecule has 0 aromatic heterocycles. The molecule has 8 heteroatoms. The highest BCUT2D eigenvalue weighted by Gasteiger charge is 2.16. The van der Waals surface area contributed by atoms with E-state index in [0.29, 0.717) is 17.7 Å². The van der Waals surface area contributed by atoms with Crippen LogP contribution in [0.15, 0.2) is 54.6 Å². The summed E-state index contributed by atoms with van der Waals surface area (Å²) < 4.78 is 5.18. The van der Waals surface area contributed by atoms with Gasteiger partial charge in [-0.2, -0.15) is 0 Å². The minimum atomic E-state index is -0.424. The van der Waals surface area contributed by atoms with Crippen molar-refractivity contribution in [1.29, 1.82) is 0 Å². The first-order valence-corrected chi connectivity index (χ1v) is 12.1. The topological polar surface area (TPSA) is 96.5 Å². The van der Waals surface area contributed by atoms with Crippen LogP contribution in [-0.2, 0) is 20.7 Å². The van der Waals surface area contributed by atoms with Gasteiger partial charge in [-0.15, -0.1) is 0 Å². The molecule has 3 N–H and O–H groups in total. The van der Waals surface area contributed by atoms with Crippen molar-refractivity contribution in [1.82, 2.24) is 10.6 Å². The lowest BCUT2D eigenvalue weighted by Gasteiger charge is -2.22. The Morgan fingerprint density at radius 1 is 0.912 bits per heavy atom. The average molecular weight is 482 g/mol. The lowest BCUT2D eigenvalue weighted by molar-refractivity contribution is -0.144. The van der Waals surface area contributed by atoms with Gasteiger partial charge in [0, 0.05) is 30.1 Å². The van der Waals surface area contributed by atoms with E-state index in [2.05, 4.69) is 16.0 Å². The monoisotopic (exact) mass is 481 g/mol. The zero-order valence-corrected chi connectivity index (χ0v) is 20.0. The van der Waals surface area contributed by atoms with E-state index in [1.54, 1.807) is 24.3 Å². The van der Waals surface area contributed by atoms with E-state index in [0.717, 1.165) is 31.2 Å². The van der Waals surface area contributed by atoms with Crippen LogP contribution in [0.5, 0.6) is 0 Å². The number of ether oxygens (including phenoxy) is 1. The second-order valence-corrected chi connectivity index (χ2v) is 8.75. The summed E-state index contributed by atoms with van der Waals surface area (Å²) in [5.74, 6) is -0.877. The van der Waals surface area contributed by atoms with Crippen LogP contribution >= 0.6 is 12.2 Å². The number of benzene rings is 2. The average Bonchev–Trinajstić information content (AvgIpc) is 2.84. The quantitative estimate of drug-likeness (QED) is 0.368. The van der Waals surface area contributed by atoms with Crippen molar-refractivity contribution in [2.45, 2.75) is 57.4 Å². The number of esters is 1. The summed E-state index contributed by atoms with van der Waals surface area (Å²) in [4.78, 5) is 36.3. The SMILES string of the molecule is O=C(CCC(=O)OCCc1ccccc1)NC(=S)Nc1ccc(C(=O)NC2CCCCC2)cc1. The third kappa shape index (κ3) is 8.94. The lowest BCUT2D eigenvalue weighted by Crippen LogP contribution is -2.36. The Bertz CT molecular complexity index is 973. The Balaban J connectivity index is 1.32. The van der Waals surface area contributed by atoms with Crippen molar-refractivity contribution in [3.05, 3.63) is 65.7 Å². The molecule has 0 saturated heterocycles. The number of thiocarbonyl (C=S) groups is 1. The second kappa shape index (κ2) is 13.4. The maximum Gasteiger partial charge on any atom is 0.306 e. The van der Waals surface area contributed by atoms with Gasteiger partial charge in [0.25, 0.3) is 5.91 Å². The number of rotatable bonds is 9. The van der Waals surface area contributed by atoms with Gasteiger partial charge in [0.05, 0.1) is 13.0 Å². The Morgan fingerprint density at radius 2 is 1.62 bits per heavy atom. The second-order valence-electron chi connectivity index (χ2n) is 8.34. The van der Waals surface area contributed by atoms with E-state index in [1.807, 2.05) is 30.3 Å². The summed E-state index contributed by atoms with van der Waals surface area (Å²) in [6, 6.07) is 16.9. The Labute approximate surface area is 205 Å². The largest absolute Gasteiger partial charge is 0.465 e. The predicted molar refractivity (Wildman–Crippen MR) is 135 cm³/mol. The van der Waals surface area contributed by atoms with Crippen LogP contribution in [0.2, 0.25) is 0 Å². The van der Waals surface area contributed by atoms with Gasteiger partial charge >= 0.3 is 5.97 Å². The van der Waals surface area contributed by atoms with Crippen LogP contribution in [0.3, 0.4) is 0 Å². The normalized spacial score (nSPS) is 13.5. The molecule has 180 valence electrons. The van der Waals surface area contributed by atoms with Gasteiger partial charge in [0.2, 0.25) is 5.91 Å². The fraction of sp³-hybridized carbons (Fsp3) is 0.385. The van der Waals surface area contributed by atoms with Crippen molar-refractivity contribution >= 4 is 40.8 Å². The van der Waals surface area contributed by atoms with Crippen molar-refractivity contribution < 1.29 is 19.1 Å². The van der Waals surface area contributed by atoms with Crippen LogP contribution < -0.4 is 16.0 Å². The molecule has 34 heavy (non-hydrogen) atoms. The fourth-order valence-corrected chi connectivity index (χ4v) is 4.02. The summed E-state index contributed by atoms with van der Waals surface area (Å²) in [5.41, 5.74) is 2.32. The fourth-order valence-electron chi connectivity index (χ4n) is 3.79.